The van der Waals surface area contributed by atoms with Gasteiger partial charge in [0, 0.05) is 13.0 Å². The van der Waals surface area contributed by atoms with Crippen molar-refractivity contribution in [3.63, 3.8) is 0 Å². The molecule has 6 heteroatoms. The lowest BCUT2D eigenvalue weighted by atomic mass is 9.84. The molecule has 0 aromatic rings. The van der Waals surface area contributed by atoms with Crippen LogP contribution in [0.3, 0.4) is 0 Å². The Bertz CT molecular complexity index is 334. The molecule has 0 radical (unpaired) electrons. The summed E-state index contributed by atoms with van der Waals surface area (Å²) in [4.78, 5) is 22.2. The van der Waals surface area contributed by atoms with Gasteiger partial charge in [-0.15, -0.1) is 0 Å². The molecule has 21 heavy (non-hydrogen) atoms. The zero-order valence-electron chi connectivity index (χ0n) is 12.5. The average molecular weight is 301 g/mol. The van der Waals surface area contributed by atoms with Crippen molar-refractivity contribution in [2.45, 2.75) is 70.0 Å². The van der Waals surface area contributed by atoms with Gasteiger partial charge in [-0.2, -0.15) is 0 Å². The minimum Gasteiger partial charge on any atom is -0.481 e. The molecule has 3 atom stereocenters. The number of carbonyl (C=O) groups is 2. The number of unbranched alkanes of at least 4 members (excludes halogenated alkanes) is 4. The molecular weight excluding hydrogens is 274 g/mol. The summed E-state index contributed by atoms with van der Waals surface area (Å²) >= 11 is 0. The van der Waals surface area contributed by atoms with Crippen LogP contribution in [0, 0.1) is 5.92 Å². The summed E-state index contributed by atoms with van der Waals surface area (Å²) in [5, 5.41) is 30.5. The maximum atomic E-state index is 11.9. The maximum Gasteiger partial charge on any atom is 0.303 e. The second-order valence-corrected chi connectivity index (χ2v) is 5.84. The number of nitrogens with one attached hydrogen (secondary N) is 1. The highest BCUT2D eigenvalue weighted by Gasteiger charge is 2.32. The normalized spacial score (nSPS) is 25.5. The number of aliphatic hydroxyl groups excluding tert-OH is 2. The third-order valence-corrected chi connectivity index (χ3v) is 3.99. The molecule has 0 aromatic carbocycles. The van der Waals surface area contributed by atoms with Crippen LogP contribution >= 0.6 is 0 Å². The first-order valence-corrected chi connectivity index (χ1v) is 7.86. The van der Waals surface area contributed by atoms with Crippen molar-refractivity contribution < 1.29 is 24.9 Å². The molecule has 1 aliphatic rings. The highest BCUT2D eigenvalue weighted by molar-refractivity contribution is 5.79. The van der Waals surface area contributed by atoms with E-state index < -0.39 is 24.1 Å². The summed E-state index contributed by atoms with van der Waals surface area (Å²) in [5.74, 6) is -1.28. The number of aliphatic hydroxyl groups is 2. The Morgan fingerprint density at radius 1 is 1.00 bits per heavy atom. The van der Waals surface area contributed by atoms with Crippen molar-refractivity contribution in [1.82, 2.24) is 5.32 Å². The lowest BCUT2D eigenvalue weighted by Crippen LogP contribution is -2.42. The van der Waals surface area contributed by atoms with Gasteiger partial charge in [-0.3, -0.25) is 9.59 Å². The van der Waals surface area contributed by atoms with Crippen molar-refractivity contribution in [2.24, 2.45) is 5.92 Å². The van der Waals surface area contributed by atoms with Gasteiger partial charge in [-0.1, -0.05) is 19.3 Å². The van der Waals surface area contributed by atoms with Crippen LogP contribution in [0.25, 0.3) is 0 Å². The molecule has 1 fully saturated rings. The predicted octanol–water partition coefficient (Wildman–Crippen LogP) is 1.05. The molecule has 0 saturated heterocycles. The second-order valence-electron chi connectivity index (χ2n) is 5.84. The Morgan fingerprint density at radius 2 is 1.67 bits per heavy atom. The molecule has 4 N–H and O–H groups in total. The fraction of sp³-hybridized carbons (Fsp3) is 0.867. The molecule has 0 aliphatic heterocycles. The molecule has 1 amide bonds. The zero-order chi connectivity index (χ0) is 15.7. The Kier molecular flexibility index (Phi) is 8.30. The van der Waals surface area contributed by atoms with Crippen LogP contribution in [0.5, 0.6) is 0 Å². The van der Waals surface area contributed by atoms with Crippen molar-refractivity contribution >= 4 is 11.9 Å². The van der Waals surface area contributed by atoms with Crippen LogP contribution in [0.2, 0.25) is 0 Å². The highest BCUT2D eigenvalue weighted by atomic mass is 16.4. The maximum absolute atomic E-state index is 11.9. The number of hydrogen-bond donors (Lipinski definition) is 4. The summed E-state index contributed by atoms with van der Waals surface area (Å²) in [7, 11) is 0. The van der Waals surface area contributed by atoms with Gasteiger partial charge >= 0.3 is 5.97 Å². The molecule has 0 bridgehead atoms. The van der Waals surface area contributed by atoms with Gasteiger partial charge < -0.3 is 20.6 Å². The summed E-state index contributed by atoms with van der Waals surface area (Å²) in [6.07, 6.45) is 4.78. The third-order valence-electron chi connectivity index (χ3n) is 3.99. The van der Waals surface area contributed by atoms with E-state index in [1.54, 1.807) is 0 Å². The largest absolute Gasteiger partial charge is 0.481 e. The minimum absolute atomic E-state index is 0.125. The van der Waals surface area contributed by atoms with E-state index in [0.29, 0.717) is 25.8 Å². The van der Waals surface area contributed by atoms with Crippen LogP contribution in [0.1, 0.15) is 57.8 Å². The monoisotopic (exact) mass is 301 g/mol. The van der Waals surface area contributed by atoms with E-state index in [1.165, 1.54) is 0 Å². The van der Waals surface area contributed by atoms with E-state index in [1.807, 2.05) is 0 Å². The smallest absolute Gasteiger partial charge is 0.303 e. The van der Waals surface area contributed by atoms with Crippen LogP contribution in [0.4, 0.5) is 0 Å². The first-order valence-electron chi connectivity index (χ1n) is 7.86. The molecule has 0 heterocycles. The quantitative estimate of drug-likeness (QED) is 0.476. The molecule has 0 spiro atoms. The number of amides is 1. The van der Waals surface area contributed by atoms with Crippen molar-refractivity contribution in [1.29, 1.82) is 0 Å². The predicted molar refractivity (Wildman–Crippen MR) is 77.7 cm³/mol. The lowest BCUT2D eigenvalue weighted by Gasteiger charge is -2.29. The van der Waals surface area contributed by atoms with E-state index in [4.69, 9.17) is 5.11 Å². The number of carboxylic acid groups (broad SMARTS) is 1. The Balaban J connectivity index is 2.02. The minimum atomic E-state index is -0.751. The molecule has 1 rings (SSSR count). The van der Waals surface area contributed by atoms with Crippen molar-refractivity contribution in [3.05, 3.63) is 0 Å². The highest BCUT2D eigenvalue weighted by Crippen LogP contribution is 2.24. The van der Waals surface area contributed by atoms with E-state index in [-0.39, 0.29) is 18.7 Å². The Morgan fingerprint density at radius 3 is 2.33 bits per heavy atom. The van der Waals surface area contributed by atoms with Gasteiger partial charge in [0.15, 0.2) is 0 Å². The standard InChI is InChI=1S/C15H27NO5/c17-11-7-8-12(13(18)10-11)15(21)16-9-5-3-1-2-4-6-14(19)20/h11-13,17-18H,1-10H2,(H,16,21)(H,19,20). The van der Waals surface area contributed by atoms with Gasteiger partial charge in [0.05, 0.1) is 18.1 Å². The Labute approximate surface area is 125 Å². The van der Waals surface area contributed by atoms with E-state index in [0.717, 1.165) is 25.7 Å². The first kappa shape index (κ1) is 17.9. The zero-order valence-corrected chi connectivity index (χ0v) is 12.5. The summed E-state index contributed by atoms with van der Waals surface area (Å²) in [6.45, 7) is 0.587. The molecule has 3 unspecified atom stereocenters. The molecule has 6 nitrogen and oxygen atoms in total. The topological polar surface area (TPSA) is 107 Å². The summed E-state index contributed by atoms with van der Waals surface area (Å²) in [6, 6.07) is 0. The lowest BCUT2D eigenvalue weighted by molar-refractivity contribution is -0.137. The molecule has 0 aromatic heterocycles. The number of carboxylic acids is 1. The van der Waals surface area contributed by atoms with Crippen molar-refractivity contribution in [2.75, 3.05) is 6.54 Å². The van der Waals surface area contributed by atoms with Gasteiger partial charge in [0.1, 0.15) is 0 Å². The third kappa shape index (κ3) is 7.43. The number of rotatable bonds is 9. The van der Waals surface area contributed by atoms with Gasteiger partial charge in [0.2, 0.25) is 5.91 Å². The SMILES string of the molecule is O=C(O)CCCCCCCNC(=O)C1CCC(O)CC1O. The van der Waals surface area contributed by atoms with E-state index in [2.05, 4.69) is 5.32 Å². The van der Waals surface area contributed by atoms with Crippen LogP contribution < -0.4 is 5.32 Å². The summed E-state index contributed by atoms with van der Waals surface area (Å²) in [5.41, 5.74) is 0. The second kappa shape index (κ2) is 9.73. The van der Waals surface area contributed by atoms with Gasteiger partial charge in [-0.05, 0) is 32.1 Å². The van der Waals surface area contributed by atoms with E-state index >= 15 is 0 Å². The fourth-order valence-electron chi connectivity index (χ4n) is 2.71. The molecule has 1 aliphatic carbocycles. The molecular formula is C15H27NO5. The van der Waals surface area contributed by atoms with Crippen LogP contribution in [0.15, 0.2) is 0 Å². The first-order chi connectivity index (χ1) is 10.0. The summed E-state index contributed by atoms with van der Waals surface area (Å²) < 4.78 is 0. The van der Waals surface area contributed by atoms with Crippen molar-refractivity contribution in [3.8, 4) is 0 Å². The van der Waals surface area contributed by atoms with Crippen LogP contribution in [-0.4, -0.2) is 45.9 Å². The van der Waals surface area contributed by atoms with E-state index in [9.17, 15) is 19.8 Å². The number of hydrogen-bond acceptors (Lipinski definition) is 4. The Hall–Kier alpha value is -1.14. The van der Waals surface area contributed by atoms with Gasteiger partial charge in [-0.25, -0.2) is 0 Å². The number of carbonyl (C=O) groups excluding carboxylic acids is 1. The van der Waals surface area contributed by atoms with Gasteiger partial charge in [0.25, 0.3) is 0 Å². The molecule has 122 valence electrons. The molecule has 1 saturated carbocycles. The average Bonchev–Trinajstić information content (AvgIpc) is 2.41. The van der Waals surface area contributed by atoms with Crippen LogP contribution in [-0.2, 0) is 9.59 Å². The number of aliphatic carboxylic acids is 1. The fourth-order valence-corrected chi connectivity index (χ4v) is 2.71.